The number of aliphatic carboxylic acids is 2. The van der Waals surface area contributed by atoms with E-state index < -0.39 is 23.7 Å². The van der Waals surface area contributed by atoms with Crippen LogP contribution in [0.4, 0.5) is 13.2 Å². The van der Waals surface area contributed by atoms with E-state index in [1.54, 1.807) is 6.20 Å². The molecule has 160 valence electrons. The van der Waals surface area contributed by atoms with Gasteiger partial charge in [-0.25, -0.2) is 9.59 Å². The third-order valence-corrected chi connectivity index (χ3v) is 4.58. The molecule has 3 rings (SSSR count). The largest absolute Gasteiger partial charge is 0.478 e. The fourth-order valence-electron chi connectivity index (χ4n) is 3.12. The summed E-state index contributed by atoms with van der Waals surface area (Å²) in [6, 6.07) is 7.61. The summed E-state index contributed by atoms with van der Waals surface area (Å²) in [6.07, 6.45) is 2.61. The first-order valence-corrected chi connectivity index (χ1v) is 9.04. The molecule has 6 nitrogen and oxygen atoms in total. The summed E-state index contributed by atoms with van der Waals surface area (Å²) < 4.78 is 37.8. The number of alkyl halides is 3. The fourth-order valence-corrected chi connectivity index (χ4v) is 3.12. The lowest BCUT2D eigenvalue weighted by atomic mass is 10.0. The number of hydrogen-bond acceptors (Lipinski definition) is 4. The van der Waals surface area contributed by atoms with Gasteiger partial charge in [0.1, 0.15) is 0 Å². The van der Waals surface area contributed by atoms with Gasteiger partial charge in [-0.1, -0.05) is 12.1 Å². The van der Waals surface area contributed by atoms with Crippen molar-refractivity contribution in [1.82, 2.24) is 9.88 Å². The van der Waals surface area contributed by atoms with Crippen molar-refractivity contribution in [1.29, 1.82) is 0 Å². The molecule has 0 radical (unpaired) electrons. The van der Waals surface area contributed by atoms with Crippen LogP contribution in [0.2, 0.25) is 0 Å². The quantitative estimate of drug-likeness (QED) is 0.716. The number of carboxylic acid groups (broad SMARTS) is 2. The molecule has 2 aromatic rings. The van der Waals surface area contributed by atoms with E-state index in [2.05, 4.69) is 16.9 Å². The van der Waals surface area contributed by atoms with Crippen molar-refractivity contribution in [3.05, 3.63) is 66.0 Å². The van der Waals surface area contributed by atoms with Crippen LogP contribution in [0.15, 0.2) is 54.9 Å². The number of halogens is 3. The van der Waals surface area contributed by atoms with E-state index in [1.807, 2.05) is 12.3 Å². The van der Waals surface area contributed by atoms with Crippen LogP contribution in [0, 0.1) is 0 Å². The van der Waals surface area contributed by atoms with Gasteiger partial charge < -0.3 is 10.2 Å². The summed E-state index contributed by atoms with van der Waals surface area (Å²) in [5.41, 5.74) is 2.10. The maximum absolute atomic E-state index is 12.6. The predicted molar refractivity (Wildman–Crippen MR) is 104 cm³/mol. The summed E-state index contributed by atoms with van der Waals surface area (Å²) in [7, 11) is 2.09. The molecule has 9 heteroatoms. The van der Waals surface area contributed by atoms with Gasteiger partial charge in [0.15, 0.2) is 0 Å². The van der Waals surface area contributed by atoms with Gasteiger partial charge in [-0.15, -0.1) is 0 Å². The van der Waals surface area contributed by atoms with Crippen LogP contribution in [-0.2, 0) is 15.8 Å². The second-order valence-electron chi connectivity index (χ2n) is 6.73. The second kappa shape index (κ2) is 10.0. The fraction of sp³-hybridized carbons (Fsp3) is 0.286. The van der Waals surface area contributed by atoms with E-state index in [4.69, 9.17) is 10.2 Å². The van der Waals surface area contributed by atoms with Crippen LogP contribution in [-0.4, -0.2) is 45.6 Å². The Labute approximate surface area is 171 Å². The van der Waals surface area contributed by atoms with Crippen LogP contribution >= 0.6 is 0 Å². The lowest BCUT2D eigenvalue weighted by Crippen LogP contribution is -2.17. The summed E-state index contributed by atoms with van der Waals surface area (Å²) in [5, 5.41) is 15.6. The highest BCUT2D eigenvalue weighted by Gasteiger charge is 2.30. The standard InChI is InChI=1S/C17H17F3N2.C4H4O4/c1-22-8-2-3-16(22)14-9-13(10-21-11-14)12-4-6-15(7-5-12)17(18,19)20;5-3(6)1-2-4(7)8/h4-7,9-11,16H,2-3,8H2,1H3;1-2H,(H,5,6)(H,7,8). The number of likely N-dealkylation sites (tertiary alicyclic amines) is 1. The number of pyridine rings is 1. The minimum atomic E-state index is -4.30. The van der Waals surface area contributed by atoms with Gasteiger partial charge in [0, 0.05) is 36.2 Å². The minimum absolute atomic E-state index is 0.349. The third-order valence-electron chi connectivity index (χ3n) is 4.58. The Balaban J connectivity index is 0.000000343. The molecule has 1 saturated heterocycles. The Morgan fingerprint density at radius 2 is 1.67 bits per heavy atom. The SMILES string of the molecule is CN1CCCC1c1cncc(-c2ccc(C(F)(F)F)cc2)c1.O=C(O)C=CC(=O)O. The zero-order valence-corrected chi connectivity index (χ0v) is 16.1. The monoisotopic (exact) mass is 422 g/mol. The van der Waals surface area contributed by atoms with Gasteiger partial charge in [0.05, 0.1) is 5.56 Å². The molecule has 1 unspecified atom stereocenters. The van der Waals surface area contributed by atoms with Crippen molar-refractivity contribution in [2.24, 2.45) is 0 Å². The van der Waals surface area contributed by atoms with E-state index in [-0.39, 0.29) is 0 Å². The number of hydrogen-bond donors (Lipinski definition) is 2. The summed E-state index contributed by atoms with van der Waals surface area (Å²) >= 11 is 0. The Morgan fingerprint density at radius 3 is 2.13 bits per heavy atom. The van der Waals surface area contributed by atoms with E-state index >= 15 is 0 Å². The van der Waals surface area contributed by atoms with Crippen molar-refractivity contribution < 1.29 is 33.0 Å². The molecule has 1 aliphatic rings. The Kier molecular flexibility index (Phi) is 7.71. The molecule has 0 saturated carbocycles. The van der Waals surface area contributed by atoms with Crippen molar-refractivity contribution in [3.63, 3.8) is 0 Å². The van der Waals surface area contributed by atoms with Crippen LogP contribution in [0.3, 0.4) is 0 Å². The average molecular weight is 422 g/mol. The summed E-state index contributed by atoms with van der Waals surface area (Å²) in [5.74, 6) is -2.51. The first kappa shape index (κ1) is 23.1. The molecular weight excluding hydrogens is 401 g/mol. The molecular formula is C21H21F3N2O4. The van der Waals surface area contributed by atoms with Crippen molar-refractivity contribution >= 4 is 11.9 Å². The van der Waals surface area contributed by atoms with E-state index in [0.29, 0.717) is 18.2 Å². The Morgan fingerprint density at radius 1 is 1.07 bits per heavy atom. The topological polar surface area (TPSA) is 90.7 Å². The van der Waals surface area contributed by atoms with Crippen LogP contribution in [0.5, 0.6) is 0 Å². The van der Waals surface area contributed by atoms with Crippen molar-refractivity contribution in [3.8, 4) is 11.1 Å². The smallest absolute Gasteiger partial charge is 0.416 e. The highest BCUT2D eigenvalue weighted by atomic mass is 19.4. The van der Waals surface area contributed by atoms with E-state index in [9.17, 15) is 22.8 Å². The van der Waals surface area contributed by atoms with Crippen molar-refractivity contribution in [2.75, 3.05) is 13.6 Å². The van der Waals surface area contributed by atoms with Gasteiger partial charge in [0.25, 0.3) is 0 Å². The Bertz CT molecular complexity index is 895. The maximum atomic E-state index is 12.6. The number of aromatic nitrogens is 1. The first-order valence-electron chi connectivity index (χ1n) is 9.04. The van der Waals surface area contributed by atoms with Gasteiger partial charge in [0.2, 0.25) is 0 Å². The lowest BCUT2D eigenvalue weighted by Gasteiger charge is -2.20. The highest BCUT2D eigenvalue weighted by molar-refractivity contribution is 5.89. The number of carboxylic acids is 2. The summed E-state index contributed by atoms with van der Waals surface area (Å²) in [4.78, 5) is 25.7. The lowest BCUT2D eigenvalue weighted by molar-refractivity contribution is -0.137. The van der Waals surface area contributed by atoms with E-state index in [0.717, 1.165) is 48.2 Å². The molecule has 2 heterocycles. The number of rotatable bonds is 4. The number of benzene rings is 1. The van der Waals surface area contributed by atoms with Gasteiger partial charge in [-0.3, -0.25) is 9.88 Å². The molecule has 0 amide bonds. The van der Waals surface area contributed by atoms with Gasteiger partial charge in [-0.2, -0.15) is 13.2 Å². The van der Waals surface area contributed by atoms with Crippen LogP contribution in [0.1, 0.15) is 30.0 Å². The normalized spacial score (nSPS) is 16.9. The van der Waals surface area contributed by atoms with Gasteiger partial charge in [-0.05, 0) is 55.8 Å². The zero-order valence-electron chi connectivity index (χ0n) is 16.1. The molecule has 0 spiro atoms. The van der Waals surface area contributed by atoms with Gasteiger partial charge >= 0.3 is 18.1 Å². The molecule has 0 aliphatic carbocycles. The van der Waals surface area contributed by atoms with Crippen LogP contribution in [0.25, 0.3) is 11.1 Å². The summed E-state index contributed by atoms with van der Waals surface area (Å²) in [6.45, 7) is 1.06. The van der Waals surface area contributed by atoms with Crippen LogP contribution < -0.4 is 0 Å². The molecule has 0 bridgehead atoms. The maximum Gasteiger partial charge on any atom is 0.416 e. The molecule has 2 N–H and O–H groups in total. The minimum Gasteiger partial charge on any atom is -0.478 e. The molecule has 1 aliphatic heterocycles. The average Bonchev–Trinajstić information content (AvgIpc) is 3.12. The number of nitrogens with zero attached hydrogens (tertiary/aromatic N) is 2. The highest BCUT2D eigenvalue weighted by Crippen LogP contribution is 2.33. The predicted octanol–water partition coefficient (Wildman–Crippen LogP) is 4.25. The first-order chi connectivity index (χ1) is 14.1. The van der Waals surface area contributed by atoms with E-state index in [1.165, 1.54) is 12.1 Å². The Hall–Kier alpha value is -3.20. The molecule has 1 aromatic heterocycles. The second-order valence-corrected chi connectivity index (χ2v) is 6.73. The third kappa shape index (κ3) is 6.70. The number of carbonyl (C=O) groups is 2. The molecule has 30 heavy (non-hydrogen) atoms. The van der Waals surface area contributed by atoms with Crippen molar-refractivity contribution in [2.45, 2.75) is 25.1 Å². The molecule has 1 atom stereocenters. The molecule has 1 fully saturated rings. The zero-order chi connectivity index (χ0) is 22.3. The molecule has 1 aromatic carbocycles.